The van der Waals surface area contributed by atoms with Gasteiger partial charge in [0.05, 0.1) is 14.2 Å². The lowest BCUT2D eigenvalue weighted by atomic mass is 10.1. The summed E-state index contributed by atoms with van der Waals surface area (Å²) in [5, 5.41) is 6.12. The van der Waals surface area contributed by atoms with E-state index in [0.717, 1.165) is 16.8 Å². The van der Waals surface area contributed by atoms with Gasteiger partial charge < -0.3 is 20.1 Å². The monoisotopic (exact) mass is 377 g/mol. The summed E-state index contributed by atoms with van der Waals surface area (Å²) in [6, 6.07) is 16.9. The maximum atomic E-state index is 12.5. The zero-order valence-electron chi connectivity index (χ0n) is 16.2. The fourth-order valence-electron chi connectivity index (χ4n) is 2.81. The summed E-state index contributed by atoms with van der Waals surface area (Å²) in [4.78, 5) is 16.8. The first kappa shape index (κ1) is 19.2. The van der Waals surface area contributed by atoms with Crippen molar-refractivity contribution in [3.8, 4) is 11.5 Å². The number of amides is 1. The second-order valence-electron chi connectivity index (χ2n) is 6.30. The molecule has 0 unspecified atom stereocenters. The van der Waals surface area contributed by atoms with Crippen LogP contribution in [0.25, 0.3) is 0 Å². The average molecular weight is 377 g/mol. The Bertz CT molecular complexity index is 973. The van der Waals surface area contributed by atoms with Gasteiger partial charge in [-0.05, 0) is 36.8 Å². The number of aromatic nitrogens is 1. The van der Waals surface area contributed by atoms with E-state index in [0.29, 0.717) is 29.4 Å². The van der Waals surface area contributed by atoms with Crippen molar-refractivity contribution in [1.29, 1.82) is 0 Å². The van der Waals surface area contributed by atoms with Crippen molar-refractivity contribution in [2.75, 3.05) is 19.5 Å². The zero-order valence-corrected chi connectivity index (χ0v) is 16.2. The first-order valence-electron chi connectivity index (χ1n) is 8.88. The Labute approximate surface area is 164 Å². The van der Waals surface area contributed by atoms with Crippen molar-refractivity contribution in [1.82, 2.24) is 10.3 Å². The van der Waals surface area contributed by atoms with E-state index in [2.05, 4.69) is 21.7 Å². The fraction of sp³-hybridized carbons (Fsp3) is 0.182. The summed E-state index contributed by atoms with van der Waals surface area (Å²) >= 11 is 0. The lowest BCUT2D eigenvalue weighted by Gasteiger charge is -2.11. The minimum atomic E-state index is -0.153. The smallest absolute Gasteiger partial charge is 0.251 e. The molecule has 3 rings (SSSR count). The Kier molecular flexibility index (Phi) is 6.11. The number of benzene rings is 2. The molecule has 0 radical (unpaired) electrons. The van der Waals surface area contributed by atoms with Crippen molar-refractivity contribution >= 4 is 17.4 Å². The van der Waals surface area contributed by atoms with E-state index in [1.165, 1.54) is 0 Å². The van der Waals surface area contributed by atoms with E-state index >= 15 is 0 Å². The molecule has 0 atom stereocenters. The quantitative estimate of drug-likeness (QED) is 0.649. The van der Waals surface area contributed by atoms with Crippen molar-refractivity contribution in [2.45, 2.75) is 13.5 Å². The predicted molar refractivity (Wildman–Crippen MR) is 109 cm³/mol. The topological polar surface area (TPSA) is 72.5 Å². The van der Waals surface area contributed by atoms with Crippen molar-refractivity contribution < 1.29 is 14.3 Å². The predicted octanol–water partition coefficient (Wildman–Crippen LogP) is 4.08. The third-order valence-corrected chi connectivity index (χ3v) is 4.21. The standard InChI is InChI=1S/C22H23N3O3/c1-15-5-4-6-16(11-15)14-24-22(26)17-9-10-23-21(12-17)25-18-7-8-19(27-2)20(13-18)28-3/h4-13H,14H2,1-3H3,(H,23,25)(H,24,26). The van der Waals surface area contributed by atoms with Gasteiger partial charge in [-0.25, -0.2) is 4.98 Å². The second-order valence-corrected chi connectivity index (χ2v) is 6.30. The van der Waals surface area contributed by atoms with Gasteiger partial charge in [0.25, 0.3) is 5.91 Å². The lowest BCUT2D eigenvalue weighted by molar-refractivity contribution is 0.0951. The van der Waals surface area contributed by atoms with Crippen molar-refractivity contribution in [3.63, 3.8) is 0 Å². The highest BCUT2D eigenvalue weighted by Gasteiger charge is 2.09. The first-order chi connectivity index (χ1) is 13.6. The van der Waals surface area contributed by atoms with Gasteiger partial charge in [0.2, 0.25) is 0 Å². The van der Waals surface area contributed by atoms with Gasteiger partial charge in [-0.1, -0.05) is 29.8 Å². The minimum absolute atomic E-state index is 0.153. The number of hydrogen-bond donors (Lipinski definition) is 2. The number of anilines is 2. The number of carbonyl (C=O) groups is 1. The van der Waals surface area contributed by atoms with Gasteiger partial charge >= 0.3 is 0 Å². The SMILES string of the molecule is COc1ccc(Nc2cc(C(=O)NCc3cccc(C)c3)ccn2)cc1OC. The lowest BCUT2D eigenvalue weighted by Crippen LogP contribution is -2.22. The van der Waals surface area contributed by atoms with Crippen molar-refractivity contribution in [2.24, 2.45) is 0 Å². The number of aryl methyl sites for hydroxylation is 1. The molecule has 0 fully saturated rings. The van der Waals surface area contributed by atoms with E-state index in [-0.39, 0.29) is 5.91 Å². The van der Waals surface area contributed by atoms with Crippen LogP contribution in [0.15, 0.2) is 60.8 Å². The number of nitrogens with one attached hydrogen (secondary N) is 2. The summed E-state index contributed by atoms with van der Waals surface area (Å²) in [7, 11) is 3.17. The number of hydrogen-bond acceptors (Lipinski definition) is 5. The van der Waals surface area contributed by atoms with E-state index in [9.17, 15) is 4.79 Å². The Hall–Kier alpha value is -3.54. The van der Waals surface area contributed by atoms with E-state index < -0.39 is 0 Å². The van der Waals surface area contributed by atoms with Crippen molar-refractivity contribution in [3.05, 3.63) is 77.5 Å². The average Bonchev–Trinajstić information content (AvgIpc) is 2.72. The first-order valence-corrected chi connectivity index (χ1v) is 8.88. The van der Waals surface area contributed by atoms with Gasteiger partial charge in [-0.3, -0.25) is 4.79 Å². The van der Waals surface area contributed by atoms with E-state index in [1.807, 2.05) is 37.3 Å². The molecule has 0 bridgehead atoms. The molecule has 0 saturated carbocycles. The van der Waals surface area contributed by atoms with Crippen LogP contribution in [0.3, 0.4) is 0 Å². The number of ether oxygens (including phenoxy) is 2. The highest BCUT2D eigenvalue weighted by molar-refractivity contribution is 5.94. The number of rotatable bonds is 7. The third-order valence-electron chi connectivity index (χ3n) is 4.21. The largest absolute Gasteiger partial charge is 0.493 e. The molecular weight excluding hydrogens is 354 g/mol. The number of pyridine rings is 1. The summed E-state index contributed by atoms with van der Waals surface area (Å²) in [5.41, 5.74) is 3.54. The highest BCUT2D eigenvalue weighted by Crippen LogP contribution is 2.30. The Morgan fingerprint density at radius 3 is 2.57 bits per heavy atom. The molecule has 1 amide bonds. The molecular formula is C22H23N3O3. The molecule has 1 aromatic heterocycles. The summed E-state index contributed by atoms with van der Waals surface area (Å²) in [5.74, 6) is 1.67. The van der Waals surface area contributed by atoms with Crippen LogP contribution >= 0.6 is 0 Å². The van der Waals surface area contributed by atoms with Gasteiger partial charge in [0, 0.05) is 30.1 Å². The van der Waals surface area contributed by atoms with E-state index in [1.54, 1.807) is 38.6 Å². The molecule has 0 aliphatic rings. The molecule has 0 saturated heterocycles. The zero-order chi connectivity index (χ0) is 19.9. The Morgan fingerprint density at radius 2 is 1.82 bits per heavy atom. The molecule has 28 heavy (non-hydrogen) atoms. The molecule has 0 spiro atoms. The molecule has 1 heterocycles. The highest BCUT2D eigenvalue weighted by atomic mass is 16.5. The van der Waals surface area contributed by atoms with Gasteiger partial charge in [0.15, 0.2) is 11.5 Å². The van der Waals surface area contributed by atoms with Crippen LogP contribution in [0.2, 0.25) is 0 Å². The Balaban J connectivity index is 1.69. The van der Waals surface area contributed by atoms with Crippen LogP contribution in [0.5, 0.6) is 11.5 Å². The summed E-state index contributed by atoms with van der Waals surface area (Å²) in [6.45, 7) is 2.50. The molecule has 144 valence electrons. The van der Waals surface area contributed by atoms with Gasteiger partial charge in [-0.15, -0.1) is 0 Å². The minimum Gasteiger partial charge on any atom is -0.493 e. The number of carbonyl (C=O) groups excluding carboxylic acids is 1. The molecule has 0 aliphatic carbocycles. The summed E-state index contributed by atoms with van der Waals surface area (Å²) in [6.07, 6.45) is 1.60. The van der Waals surface area contributed by atoms with Crippen LogP contribution < -0.4 is 20.1 Å². The molecule has 3 aromatic rings. The maximum Gasteiger partial charge on any atom is 0.251 e. The summed E-state index contributed by atoms with van der Waals surface area (Å²) < 4.78 is 10.6. The van der Waals surface area contributed by atoms with Crippen LogP contribution in [0.1, 0.15) is 21.5 Å². The molecule has 2 aromatic carbocycles. The van der Waals surface area contributed by atoms with Crippen LogP contribution in [0, 0.1) is 6.92 Å². The third kappa shape index (κ3) is 4.79. The molecule has 6 heteroatoms. The van der Waals surface area contributed by atoms with Gasteiger partial charge in [-0.2, -0.15) is 0 Å². The van der Waals surface area contributed by atoms with Crippen LogP contribution in [-0.4, -0.2) is 25.1 Å². The van der Waals surface area contributed by atoms with Crippen LogP contribution in [-0.2, 0) is 6.54 Å². The number of methoxy groups -OCH3 is 2. The molecule has 0 aliphatic heterocycles. The molecule has 2 N–H and O–H groups in total. The second kappa shape index (κ2) is 8.90. The maximum absolute atomic E-state index is 12.5. The normalized spacial score (nSPS) is 10.2. The molecule has 6 nitrogen and oxygen atoms in total. The Morgan fingerprint density at radius 1 is 1.00 bits per heavy atom. The van der Waals surface area contributed by atoms with E-state index in [4.69, 9.17) is 9.47 Å². The fourth-order valence-corrected chi connectivity index (χ4v) is 2.81. The van der Waals surface area contributed by atoms with Crippen LogP contribution in [0.4, 0.5) is 11.5 Å². The number of nitrogens with zero attached hydrogens (tertiary/aromatic N) is 1. The van der Waals surface area contributed by atoms with Gasteiger partial charge in [0.1, 0.15) is 5.82 Å².